The van der Waals surface area contributed by atoms with E-state index < -0.39 is 0 Å². The zero-order valence-corrected chi connectivity index (χ0v) is 15.1. The Balaban J connectivity index is 0. The van der Waals surface area contributed by atoms with E-state index in [9.17, 15) is 9.59 Å². The number of ether oxygens (including phenoxy) is 2. The van der Waals surface area contributed by atoms with Crippen LogP contribution < -0.4 is 0 Å². The van der Waals surface area contributed by atoms with Crippen LogP contribution in [0.25, 0.3) is 0 Å². The maximum Gasteiger partial charge on any atom is 0.305 e. The van der Waals surface area contributed by atoms with E-state index in [1.165, 1.54) is 12.8 Å². The Morgan fingerprint density at radius 3 is 1.23 bits per heavy atom. The lowest BCUT2D eigenvalue weighted by atomic mass is 10.3. The van der Waals surface area contributed by atoms with Crippen LogP contribution in [-0.4, -0.2) is 25.2 Å². The fourth-order valence-electron chi connectivity index (χ4n) is 1.63. The third kappa shape index (κ3) is 21.2. The van der Waals surface area contributed by atoms with Crippen molar-refractivity contribution in [3.63, 3.8) is 0 Å². The Labute approximate surface area is 136 Å². The number of hydrogen-bond acceptors (Lipinski definition) is 4. The minimum atomic E-state index is -0.0522. The van der Waals surface area contributed by atoms with E-state index in [1.54, 1.807) is 0 Å². The molecule has 0 radical (unpaired) electrons. The van der Waals surface area contributed by atoms with Gasteiger partial charge in [-0.1, -0.05) is 53.4 Å². The second kappa shape index (κ2) is 19.9. The Hall–Kier alpha value is -1.06. The molecule has 0 rings (SSSR count). The molecule has 0 N–H and O–H groups in total. The highest BCUT2D eigenvalue weighted by Gasteiger charge is 1.99. The second-order valence-corrected chi connectivity index (χ2v) is 5.36. The Kier molecular flexibility index (Phi) is 21.0. The molecule has 0 aliphatic heterocycles. The van der Waals surface area contributed by atoms with Crippen LogP contribution in [0, 0.1) is 0 Å². The standard InChI is InChI=1S/2C9H18O2/c2*1-3-5-6-8-11-9(10)7-4-2/h2*3-8H2,1-2H3. The topological polar surface area (TPSA) is 52.6 Å². The predicted octanol–water partition coefficient (Wildman–Crippen LogP) is 5.04. The van der Waals surface area contributed by atoms with Crippen molar-refractivity contribution < 1.29 is 19.1 Å². The van der Waals surface area contributed by atoms with Gasteiger partial charge in [-0.2, -0.15) is 0 Å². The molecule has 0 spiro atoms. The summed E-state index contributed by atoms with van der Waals surface area (Å²) in [5, 5.41) is 0. The minimum Gasteiger partial charge on any atom is -0.466 e. The van der Waals surface area contributed by atoms with E-state index in [0.717, 1.165) is 38.5 Å². The summed E-state index contributed by atoms with van der Waals surface area (Å²) in [6.07, 6.45) is 9.55. The molecule has 4 nitrogen and oxygen atoms in total. The summed E-state index contributed by atoms with van der Waals surface area (Å²) >= 11 is 0. The van der Waals surface area contributed by atoms with Crippen molar-refractivity contribution in [1.29, 1.82) is 0 Å². The van der Waals surface area contributed by atoms with Gasteiger partial charge in [0.15, 0.2) is 0 Å². The van der Waals surface area contributed by atoms with Crippen LogP contribution in [0.15, 0.2) is 0 Å². The Morgan fingerprint density at radius 2 is 0.955 bits per heavy atom. The Bertz CT molecular complexity index is 225. The number of esters is 2. The average Bonchev–Trinajstić information content (AvgIpc) is 2.49. The number of unbranched alkanes of at least 4 members (excludes halogenated alkanes) is 4. The van der Waals surface area contributed by atoms with Crippen molar-refractivity contribution >= 4 is 11.9 Å². The van der Waals surface area contributed by atoms with Crippen molar-refractivity contribution in [2.75, 3.05) is 13.2 Å². The lowest BCUT2D eigenvalue weighted by Crippen LogP contribution is -2.04. The van der Waals surface area contributed by atoms with Gasteiger partial charge in [-0.25, -0.2) is 0 Å². The number of carbonyl (C=O) groups is 2. The molecule has 0 atom stereocenters. The number of hydrogen-bond donors (Lipinski definition) is 0. The number of carbonyl (C=O) groups excluding carboxylic acids is 2. The molecule has 22 heavy (non-hydrogen) atoms. The Morgan fingerprint density at radius 1 is 0.591 bits per heavy atom. The summed E-state index contributed by atoms with van der Waals surface area (Å²) in [6.45, 7) is 9.43. The highest BCUT2D eigenvalue weighted by molar-refractivity contribution is 5.69. The van der Waals surface area contributed by atoms with Crippen LogP contribution in [-0.2, 0) is 19.1 Å². The van der Waals surface area contributed by atoms with Gasteiger partial charge in [0.05, 0.1) is 13.2 Å². The molecule has 0 saturated carbocycles. The molecule has 0 heterocycles. The lowest BCUT2D eigenvalue weighted by Gasteiger charge is -2.01. The molecule has 4 heteroatoms. The molecule has 0 aliphatic rings. The van der Waals surface area contributed by atoms with Crippen LogP contribution in [0.1, 0.15) is 91.9 Å². The predicted molar refractivity (Wildman–Crippen MR) is 90.8 cm³/mol. The number of rotatable bonds is 12. The minimum absolute atomic E-state index is 0.0522. The molecule has 0 fully saturated rings. The van der Waals surface area contributed by atoms with E-state index in [-0.39, 0.29) is 11.9 Å². The smallest absolute Gasteiger partial charge is 0.305 e. The van der Waals surface area contributed by atoms with Gasteiger partial charge in [-0.05, 0) is 25.7 Å². The first kappa shape index (κ1) is 23.2. The highest BCUT2D eigenvalue weighted by atomic mass is 16.5. The van der Waals surface area contributed by atoms with Crippen molar-refractivity contribution in [2.45, 2.75) is 91.9 Å². The molecule has 0 unspecified atom stereocenters. The summed E-state index contributed by atoms with van der Waals surface area (Å²) < 4.78 is 9.89. The van der Waals surface area contributed by atoms with Crippen LogP contribution in [0.3, 0.4) is 0 Å². The van der Waals surface area contributed by atoms with Gasteiger partial charge in [0.2, 0.25) is 0 Å². The molecule has 0 aromatic heterocycles. The highest BCUT2D eigenvalue weighted by Crippen LogP contribution is 1.97. The van der Waals surface area contributed by atoms with Gasteiger partial charge in [-0.15, -0.1) is 0 Å². The van der Waals surface area contributed by atoms with Gasteiger partial charge >= 0.3 is 11.9 Å². The van der Waals surface area contributed by atoms with Crippen LogP contribution in [0.5, 0.6) is 0 Å². The summed E-state index contributed by atoms with van der Waals surface area (Å²) in [7, 11) is 0. The third-order valence-electron chi connectivity index (χ3n) is 2.93. The summed E-state index contributed by atoms with van der Waals surface area (Å²) in [6, 6.07) is 0. The van der Waals surface area contributed by atoms with Crippen molar-refractivity contribution in [1.82, 2.24) is 0 Å². The first-order valence-corrected chi connectivity index (χ1v) is 8.93. The van der Waals surface area contributed by atoms with E-state index in [2.05, 4.69) is 13.8 Å². The monoisotopic (exact) mass is 316 g/mol. The van der Waals surface area contributed by atoms with Gasteiger partial charge in [0.25, 0.3) is 0 Å². The SMILES string of the molecule is CCCCCOC(=O)CCC.CCCCCOC(=O)CCC. The fourth-order valence-corrected chi connectivity index (χ4v) is 1.63. The van der Waals surface area contributed by atoms with Crippen LogP contribution in [0.2, 0.25) is 0 Å². The first-order valence-electron chi connectivity index (χ1n) is 8.93. The van der Waals surface area contributed by atoms with Crippen LogP contribution >= 0.6 is 0 Å². The zero-order chi connectivity index (χ0) is 17.1. The normalized spacial score (nSPS) is 9.64. The second-order valence-electron chi connectivity index (χ2n) is 5.36. The van der Waals surface area contributed by atoms with E-state index in [0.29, 0.717) is 26.1 Å². The molecule has 132 valence electrons. The summed E-state index contributed by atoms with van der Waals surface area (Å²) in [5.74, 6) is -0.104. The maximum absolute atomic E-state index is 10.8. The lowest BCUT2D eigenvalue weighted by molar-refractivity contribution is -0.144. The van der Waals surface area contributed by atoms with Crippen molar-refractivity contribution in [3.8, 4) is 0 Å². The molecule has 0 aliphatic carbocycles. The third-order valence-corrected chi connectivity index (χ3v) is 2.93. The molecule has 0 saturated heterocycles. The molecule has 0 amide bonds. The van der Waals surface area contributed by atoms with E-state index in [4.69, 9.17) is 9.47 Å². The van der Waals surface area contributed by atoms with Gasteiger partial charge in [-0.3, -0.25) is 9.59 Å². The molecule has 0 aromatic carbocycles. The largest absolute Gasteiger partial charge is 0.466 e. The maximum atomic E-state index is 10.8. The van der Waals surface area contributed by atoms with Crippen molar-refractivity contribution in [2.24, 2.45) is 0 Å². The quantitative estimate of drug-likeness (QED) is 0.374. The molecule has 0 aromatic rings. The zero-order valence-electron chi connectivity index (χ0n) is 15.1. The van der Waals surface area contributed by atoms with Crippen molar-refractivity contribution in [3.05, 3.63) is 0 Å². The summed E-state index contributed by atoms with van der Waals surface area (Å²) in [4.78, 5) is 21.6. The average molecular weight is 316 g/mol. The van der Waals surface area contributed by atoms with Gasteiger partial charge in [0, 0.05) is 12.8 Å². The van der Waals surface area contributed by atoms with E-state index in [1.807, 2.05) is 13.8 Å². The fraction of sp³-hybridized carbons (Fsp3) is 0.889. The van der Waals surface area contributed by atoms with E-state index >= 15 is 0 Å². The molecule has 0 bridgehead atoms. The van der Waals surface area contributed by atoms with Gasteiger partial charge in [0.1, 0.15) is 0 Å². The molecular weight excluding hydrogens is 280 g/mol. The van der Waals surface area contributed by atoms with Gasteiger partial charge < -0.3 is 9.47 Å². The van der Waals surface area contributed by atoms with Crippen LogP contribution in [0.4, 0.5) is 0 Å². The molecular formula is C18H36O4. The summed E-state index contributed by atoms with van der Waals surface area (Å²) in [5.41, 5.74) is 0. The first-order chi connectivity index (χ1) is 10.6.